The quantitative estimate of drug-likeness (QED) is 0.831. The third-order valence-corrected chi connectivity index (χ3v) is 1.83. The van der Waals surface area contributed by atoms with Crippen molar-refractivity contribution < 1.29 is 13.2 Å². The van der Waals surface area contributed by atoms with Crippen LogP contribution in [0.3, 0.4) is 0 Å². The fourth-order valence-corrected chi connectivity index (χ4v) is 1.01. The van der Waals surface area contributed by atoms with Gasteiger partial charge in [0.25, 0.3) is 0 Å². The second-order valence-electron chi connectivity index (χ2n) is 3.46. The lowest BCUT2D eigenvalue weighted by Gasteiger charge is -2.09. The molecule has 0 aliphatic heterocycles. The Hall–Kier alpha value is -1.37. The monoisotopic (exact) mass is 234 g/mol. The van der Waals surface area contributed by atoms with Crippen LogP contribution >= 0.6 is 0 Å². The van der Waals surface area contributed by atoms with Gasteiger partial charge in [0.05, 0.1) is 0 Å². The minimum Gasteiger partial charge on any atom is -0.354 e. The highest BCUT2D eigenvalue weighted by molar-refractivity contribution is 5.25. The number of hydrogen-bond donors (Lipinski definition) is 2. The molecule has 0 aliphatic rings. The molecule has 1 atom stereocenters. The van der Waals surface area contributed by atoms with Crippen LogP contribution in [0.25, 0.3) is 0 Å². The minimum atomic E-state index is -4.44. The van der Waals surface area contributed by atoms with Gasteiger partial charge in [0.2, 0.25) is 5.95 Å². The van der Waals surface area contributed by atoms with E-state index in [2.05, 4.69) is 15.3 Å². The number of anilines is 1. The van der Waals surface area contributed by atoms with E-state index in [0.717, 1.165) is 12.3 Å². The zero-order valence-electron chi connectivity index (χ0n) is 8.75. The summed E-state index contributed by atoms with van der Waals surface area (Å²) >= 11 is 0. The first kappa shape index (κ1) is 12.7. The van der Waals surface area contributed by atoms with Crippen LogP contribution in [0.4, 0.5) is 19.1 Å². The molecule has 0 aromatic carbocycles. The fraction of sp³-hybridized carbons (Fsp3) is 0.556. The minimum absolute atomic E-state index is 0.0155. The molecule has 0 amide bonds. The summed E-state index contributed by atoms with van der Waals surface area (Å²) in [5.74, 6) is -0.0320. The highest BCUT2D eigenvalue weighted by atomic mass is 19.4. The zero-order chi connectivity index (χ0) is 12.2. The van der Waals surface area contributed by atoms with Gasteiger partial charge < -0.3 is 11.1 Å². The van der Waals surface area contributed by atoms with Crippen molar-refractivity contribution in [3.8, 4) is 0 Å². The van der Waals surface area contributed by atoms with Crippen molar-refractivity contribution in [3.05, 3.63) is 18.0 Å². The van der Waals surface area contributed by atoms with Crippen LogP contribution in [0.5, 0.6) is 0 Å². The van der Waals surface area contributed by atoms with Gasteiger partial charge >= 0.3 is 6.18 Å². The largest absolute Gasteiger partial charge is 0.433 e. The molecular weight excluding hydrogens is 221 g/mol. The number of halogens is 3. The number of rotatable bonds is 4. The van der Waals surface area contributed by atoms with Gasteiger partial charge in [-0.15, -0.1) is 0 Å². The van der Waals surface area contributed by atoms with E-state index < -0.39 is 11.9 Å². The molecule has 0 bridgehead atoms. The van der Waals surface area contributed by atoms with Crippen molar-refractivity contribution in [2.24, 2.45) is 5.73 Å². The van der Waals surface area contributed by atoms with Gasteiger partial charge in [0.1, 0.15) is 5.69 Å². The maximum Gasteiger partial charge on any atom is 0.433 e. The Morgan fingerprint density at radius 2 is 2.19 bits per heavy atom. The van der Waals surface area contributed by atoms with Crippen molar-refractivity contribution in [2.75, 3.05) is 11.9 Å². The second-order valence-corrected chi connectivity index (χ2v) is 3.46. The van der Waals surface area contributed by atoms with Crippen molar-refractivity contribution in [3.63, 3.8) is 0 Å². The summed E-state index contributed by atoms with van der Waals surface area (Å²) in [5.41, 5.74) is 4.54. The molecule has 1 heterocycles. The van der Waals surface area contributed by atoms with E-state index in [1.165, 1.54) is 0 Å². The van der Waals surface area contributed by atoms with Crippen molar-refractivity contribution in [1.82, 2.24) is 9.97 Å². The van der Waals surface area contributed by atoms with E-state index in [9.17, 15) is 13.2 Å². The summed E-state index contributed by atoms with van der Waals surface area (Å²) in [4.78, 5) is 7.04. The lowest BCUT2D eigenvalue weighted by molar-refractivity contribution is -0.141. The van der Waals surface area contributed by atoms with Gasteiger partial charge in [-0.05, 0) is 19.4 Å². The van der Waals surface area contributed by atoms with Gasteiger partial charge in [0.15, 0.2) is 0 Å². The van der Waals surface area contributed by atoms with Crippen molar-refractivity contribution >= 4 is 5.95 Å². The normalized spacial score (nSPS) is 13.6. The van der Waals surface area contributed by atoms with Crippen LogP contribution in [0.15, 0.2) is 12.3 Å². The topological polar surface area (TPSA) is 63.8 Å². The predicted octanol–water partition coefficient (Wildman–Crippen LogP) is 1.64. The van der Waals surface area contributed by atoms with E-state index in [0.29, 0.717) is 13.0 Å². The first-order chi connectivity index (χ1) is 7.39. The van der Waals surface area contributed by atoms with Crippen LogP contribution in [-0.4, -0.2) is 22.6 Å². The van der Waals surface area contributed by atoms with Gasteiger partial charge in [-0.2, -0.15) is 13.2 Å². The lowest BCUT2D eigenvalue weighted by Crippen LogP contribution is -2.20. The lowest BCUT2D eigenvalue weighted by atomic mass is 10.2. The molecule has 1 aromatic rings. The van der Waals surface area contributed by atoms with E-state index in [4.69, 9.17) is 5.73 Å². The molecule has 1 rings (SSSR count). The first-order valence-corrected chi connectivity index (χ1v) is 4.79. The molecule has 4 nitrogen and oxygen atoms in total. The molecule has 0 saturated heterocycles. The summed E-state index contributed by atoms with van der Waals surface area (Å²) in [7, 11) is 0. The molecule has 1 unspecified atom stereocenters. The maximum absolute atomic E-state index is 12.3. The molecule has 0 aliphatic carbocycles. The molecule has 0 radical (unpaired) electrons. The Morgan fingerprint density at radius 3 is 2.75 bits per heavy atom. The van der Waals surface area contributed by atoms with Crippen molar-refractivity contribution in [1.29, 1.82) is 0 Å². The molecule has 90 valence electrons. The Balaban J connectivity index is 2.61. The van der Waals surface area contributed by atoms with Crippen LogP contribution in [0.1, 0.15) is 19.0 Å². The molecule has 7 heteroatoms. The molecule has 3 N–H and O–H groups in total. The number of hydrogen-bond acceptors (Lipinski definition) is 4. The third kappa shape index (κ3) is 4.01. The standard InChI is InChI=1S/C9H13F3N4/c1-6(13)2-4-14-8-15-5-3-7(16-8)9(10,11)12/h3,5-6H,2,4,13H2,1H3,(H,14,15,16). The van der Waals surface area contributed by atoms with Gasteiger partial charge in [-0.25, -0.2) is 9.97 Å². The maximum atomic E-state index is 12.3. The smallest absolute Gasteiger partial charge is 0.354 e. The highest BCUT2D eigenvalue weighted by Crippen LogP contribution is 2.27. The van der Waals surface area contributed by atoms with Crippen LogP contribution < -0.4 is 11.1 Å². The average molecular weight is 234 g/mol. The average Bonchev–Trinajstić information content (AvgIpc) is 2.16. The summed E-state index contributed by atoms with van der Waals surface area (Å²) in [6, 6.07) is 0.815. The summed E-state index contributed by atoms with van der Waals surface area (Å²) in [6.07, 6.45) is -2.73. The molecule has 1 aromatic heterocycles. The number of nitrogens with zero attached hydrogens (tertiary/aromatic N) is 2. The Bertz CT molecular complexity index is 338. The van der Waals surface area contributed by atoms with E-state index >= 15 is 0 Å². The van der Waals surface area contributed by atoms with Gasteiger partial charge in [-0.3, -0.25) is 0 Å². The van der Waals surface area contributed by atoms with Gasteiger partial charge in [0, 0.05) is 18.8 Å². The summed E-state index contributed by atoms with van der Waals surface area (Å²) < 4.78 is 36.8. The SMILES string of the molecule is CC(N)CCNc1nccc(C(F)(F)F)n1. The first-order valence-electron chi connectivity index (χ1n) is 4.79. The van der Waals surface area contributed by atoms with E-state index in [1.807, 2.05) is 6.92 Å². The Labute approximate surface area is 91.1 Å². The Kier molecular flexibility index (Phi) is 4.05. The third-order valence-electron chi connectivity index (χ3n) is 1.83. The van der Waals surface area contributed by atoms with Crippen LogP contribution in [0, 0.1) is 0 Å². The number of alkyl halides is 3. The van der Waals surface area contributed by atoms with E-state index in [-0.39, 0.29) is 12.0 Å². The van der Waals surface area contributed by atoms with Crippen LogP contribution in [0.2, 0.25) is 0 Å². The fourth-order valence-electron chi connectivity index (χ4n) is 1.01. The number of aromatic nitrogens is 2. The second kappa shape index (κ2) is 5.11. The highest BCUT2D eigenvalue weighted by Gasteiger charge is 2.32. The molecule has 0 fully saturated rings. The summed E-state index contributed by atoms with van der Waals surface area (Å²) in [6.45, 7) is 2.26. The van der Waals surface area contributed by atoms with Gasteiger partial charge in [-0.1, -0.05) is 0 Å². The Morgan fingerprint density at radius 1 is 1.50 bits per heavy atom. The predicted molar refractivity (Wildman–Crippen MR) is 53.8 cm³/mol. The molecular formula is C9H13F3N4. The molecule has 16 heavy (non-hydrogen) atoms. The molecule has 0 spiro atoms. The number of nitrogens with two attached hydrogens (primary N) is 1. The summed E-state index contributed by atoms with van der Waals surface area (Å²) in [5, 5.41) is 2.69. The number of nitrogens with one attached hydrogen (secondary N) is 1. The zero-order valence-corrected chi connectivity index (χ0v) is 8.75. The van der Waals surface area contributed by atoms with Crippen molar-refractivity contribution in [2.45, 2.75) is 25.6 Å². The molecule has 0 saturated carbocycles. The van der Waals surface area contributed by atoms with E-state index in [1.54, 1.807) is 0 Å². The van der Waals surface area contributed by atoms with Crippen LogP contribution in [-0.2, 0) is 6.18 Å².